The number of likely N-dealkylation sites (tertiary alicyclic amines) is 1. The van der Waals surface area contributed by atoms with Crippen LogP contribution in [0.15, 0.2) is 0 Å². The average Bonchev–Trinajstić information content (AvgIpc) is 2.53. The molecule has 0 aliphatic carbocycles. The topological polar surface area (TPSA) is 41.6 Å². The highest BCUT2D eigenvalue weighted by Gasteiger charge is 2.15. The summed E-state index contributed by atoms with van der Waals surface area (Å²) in [5, 5.41) is 2.89. The van der Waals surface area contributed by atoms with Gasteiger partial charge in [0.05, 0.1) is 6.10 Å². The number of methoxy groups -OCH3 is 1. The van der Waals surface area contributed by atoms with Gasteiger partial charge in [-0.25, -0.2) is 4.79 Å². The molecule has 88 valence electrons. The first-order chi connectivity index (χ1) is 7.24. The number of nitrogens with one attached hydrogen (secondary N) is 1. The second-order valence-electron chi connectivity index (χ2n) is 4.13. The van der Waals surface area contributed by atoms with Crippen LogP contribution in [0.3, 0.4) is 0 Å². The molecule has 1 heterocycles. The van der Waals surface area contributed by atoms with Crippen molar-refractivity contribution < 1.29 is 9.53 Å². The molecule has 1 saturated heterocycles. The van der Waals surface area contributed by atoms with Gasteiger partial charge in [0.25, 0.3) is 0 Å². The van der Waals surface area contributed by atoms with Gasteiger partial charge in [0.2, 0.25) is 0 Å². The van der Waals surface area contributed by atoms with E-state index < -0.39 is 0 Å². The molecule has 0 aromatic carbocycles. The fraction of sp³-hybridized carbons (Fsp3) is 0.909. The quantitative estimate of drug-likeness (QED) is 0.775. The van der Waals surface area contributed by atoms with Crippen LogP contribution >= 0.6 is 0 Å². The van der Waals surface area contributed by atoms with E-state index in [0.717, 1.165) is 25.9 Å². The molecule has 1 atom stereocenters. The van der Waals surface area contributed by atoms with Gasteiger partial charge < -0.3 is 15.0 Å². The second kappa shape index (κ2) is 6.67. The van der Waals surface area contributed by atoms with Gasteiger partial charge in [0.15, 0.2) is 0 Å². The number of carbonyl (C=O) groups excluding carboxylic acids is 1. The highest BCUT2D eigenvalue weighted by Crippen LogP contribution is 2.09. The van der Waals surface area contributed by atoms with Crippen molar-refractivity contribution in [2.45, 2.75) is 38.7 Å². The second-order valence-corrected chi connectivity index (χ2v) is 4.13. The molecule has 1 N–H and O–H groups in total. The van der Waals surface area contributed by atoms with Crippen LogP contribution < -0.4 is 5.32 Å². The Morgan fingerprint density at radius 2 is 1.93 bits per heavy atom. The minimum absolute atomic E-state index is 0.0563. The van der Waals surface area contributed by atoms with Crippen molar-refractivity contribution in [1.29, 1.82) is 0 Å². The Kier molecular flexibility index (Phi) is 5.47. The van der Waals surface area contributed by atoms with Gasteiger partial charge in [-0.15, -0.1) is 0 Å². The van der Waals surface area contributed by atoms with Crippen molar-refractivity contribution in [2.24, 2.45) is 0 Å². The molecule has 0 bridgehead atoms. The summed E-state index contributed by atoms with van der Waals surface area (Å²) in [5.74, 6) is 0. The van der Waals surface area contributed by atoms with Gasteiger partial charge in [-0.1, -0.05) is 12.8 Å². The maximum absolute atomic E-state index is 11.7. The Balaban J connectivity index is 2.25. The van der Waals surface area contributed by atoms with Gasteiger partial charge in [-0.3, -0.25) is 0 Å². The van der Waals surface area contributed by atoms with Gasteiger partial charge in [0.1, 0.15) is 0 Å². The smallest absolute Gasteiger partial charge is 0.317 e. The highest BCUT2D eigenvalue weighted by molar-refractivity contribution is 5.74. The molecule has 0 spiro atoms. The normalized spacial score (nSPS) is 19.5. The Morgan fingerprint density at radius 3 is 2.47 bits per heavy atom. The Morgan fingerprint density at radius 1 is 1.33 bits per heavy atom. The van der Waals surface area contributed by atoms with Crippen LogP contribution in [0.2, 0.25) is 0 Å². The van der Waals surface area contributed by atoms with Crippen molar-refractivity contribution in [2.75, 3.05) is 26.7 Å². The van der Waals surface area contributed by atoms with Crippen LogP contribution in [-0.2, 0) is 4.74 Å². The van der Waals surface area contributed by atoms with Gasteiger partial charge in [-0.2, -0.15) is 0 Å². The van der Waals surface area contributed by atoms with E-state index in [1.54, 1.807) is 7.11 Å². The van der Waals surface area contributed by atoms with Crippen LogP contribution in [0, 0.1) is 0 Å². The molecule has 1 unspecified atom stereocenters. The molecule has 0 saturated carbocycles. The maximum Gasteiger partial charge on any atom is 0.317 e. The number of nitrogens with zero attached hydrogens (tertiary/aromatic N) is 1. The molecule has 0 radical (unpaired) electrons. The molecule has 1 fully saturated rings. The summed E-state index contributed by atoms with van der Waals surface area (Å²) in [6.45, 7) is 4.33. The Hall–Kier alpha value is -0.770. The summed E-state index contributed by atoms with van der Waals surface area (Å²) < 4.78 is 5.08. The minimum Gasteiger partial charge on any atom is -0.380 e. The first-order valence-electron chi connectivity index (χ1n) is 5.79. The predicted octanol–water partition coefficient (Wildman–Crippen LogP) is 1.61. The third-order valence-corrected chi connectivity index (χ3v) is 2.84. The van der Waals surface area contributed by atoms with E-state index in [1.807, 2.05) is 11.8 Å². The minimum atomic E-state index is 0.0563. The van der Waals surface area contributed by atoms with Crippen molar-refractivity contribution in [1.82, 2.24) is 10.2 Å². The van der Waals surface area contributed by atoms with E-state index in [0.29, 0.717) is 6.54 Å². The van der Waals surface area contributed by atoms with E-state index in [9.17, 15) is 4.79 Å². The molecule has 1 aliphatic heterocycles. The Bertz CT molecular complexity index is 189. The number of amides is 2. The van der Waals surface area contributed by atoms with Crippen molar-refractivity contribution >= 4 is 6.03 Å². The number of hydrogen-bond donors (Lipinski definition) is 1. The lowest BCUT2D eigenvalue weighted by Crippen LogP contribution is -2.43. The third-order valence-electron chi connectivity index (χ3n) is 2.84. The molecule has 0 aromatic heterocycles. The van der Waals surface area contributed by atoms with E-state index in [2.05, 4.69) is 5.32 Å². The monoisotopic (exact) mass is 214 g/mol. The summed E-state index contributed by atoms with van der Waals surface area (Å²) in [5.41, 5.74) is 0. The number of urea groups is 1. The number of ether oxygens (including phenoxy) is 1. The van der Waals surface area contributed by atoms with Crippen LogP contribution in [0.25, 0.3) is 0 Å². The number of carbonyl (C=O) groups is 1. The van der Waals surface area contributed by atoms with Crippen molar-refractivity contribution in [3.8, 4) is 0 Å². The zero-order valence-corrected chi connectivity index (χ0v) is 9.79. The molecule has 1 rings (SSSR count). The molecule has 0 aromatic rings. The third kappa shape index (κ3) is 4.51. The average molecular weight is 214 g/mol. The lowest BCUT2D eigenvalue weighted by Gasteiger charge is -2.21. The van der Waals surface area contributed by atoms with Gasteiger partial charge in [0, 0.05) is 26.7 Å². The lowest BCUT2D eigenvalue weighted by atomic mass is 10.2. The largest absolute Gasteiger partial charge is 0.380 e. The first kappa shape index (κ1) is 12.3. The zero-order chi connectivity index (χ0) is 11.1. The van der Waals surface area contributed by atoms with Crippen LogP contribution in [0.5, 0.6) is 0 Å². The van der Waals surface area contributed by atoms with E-state index in [4.69, 9.17) is 4.74 Å². The lowest BCUT2D eigenvalue weighted by molar-refractivity contribution is 0.115. The van der Waals surface area contributed by atoms with E-state index in [1.165, 1.54) is 12.8 Å². The van der Waals surface area contributed by atoms with Crippen LogP contribution in [0.4, 0.5) is 4.79 Å². The summed E-state index contributed by atoms with van der Waals surface area (Å²) in [6, 6.07) is 0.0563. The standard InChI is InChI=1S/C11H22N2O2/c1-10(15-2)9-12-11(14)13-7-5-3-4-6-8-13/h10H,3-9H2,1-2H3,(H,12,14). The van der Waals surface area contributed by atoms with E-state index >= 15 is 0 Å². The maximum atomic E-state index is 11.7. The molecule has 1 aliphatic rings. The molecule has 15 heavy (non-hydrogen) atoms. The molecular weight excluding hydrogens is 192 g/mol. The summed E-state index contributed by atoms with van der Waals surface area (Å²) in [4.78, 5) is 13.6. The summed E-state index contributed by atoms with van der Waals surface area (Å²) in [7, 11) is 1.66. The molecule has 4 heteroatoms. The molecule has 4 nitrogen and oxygen atoms in total. The van der Waals surface area contributed by atoms with Gasteiger partial charge >= 0.3 is 6.03 Å². The molecular formula is C11H22N2O2. The Labute approximate surface area is 92.0 Å². The fourth-order valence-electron chi connectivity index (χ4n) is 1.70. The molecule has 2 amide bonds. The SMILES string of the molecule is COC(C)CNC(=O)N1CCCCCC1. The fourth-order valence-corrected chi connectivity index (χ4v) is 1.70. The highest BCUT2D eigenvalue weighted by atomic mass is 16.5. The first-order valence-corrected chi connectivity index (χ1v) is 5.79. The van der Waals surface area contributed by atoms with E-state index in [-0.39, 0.29) is 12.1 Å². The van der Waals surface area contributed by atoms with Crippen LogP contribution in [-0.4, -0.2) is 43.8 Å². The van der Waals surface area contributed by atoms with Gasteiger partial charge in [-0.05, 0) is 19.8 Å². The number of rotatable bonds is 3. The summed E-state index contributed by atoms with van der Waals surface area (Å²) >= 11 is 0. The van der Waals surface area contributed by atoms with Crippen LogP contribution in [0.1, 0.15) is 32.6 Å². The van der Waals surface area contributed by atoms with Crippen molar-refractivity contribution in [3.63, 3.8) is 0 Å². The predicted molar refractivity (Wildman–Crippen MR) is 59.9 cm³/mol. The zero-order valence-electron chi connectivity index (χ0n) is 9.79. The summed E-state index contributed by atoms with van der Waals surface area (Å²) in [6.07, 6.45) is 4.85. The van der Waals surface area contributed by atoms with Crippen molar-refractivity contribution in [3.05, 3.63) is 0 Å². The number of hydrogen-bond acceptors (Lipinski definition) is 2.